The molecule has 0 amide bonds. The van der Waals surface area contributed by atoms with Crippen LogP contribution in [0.25, 0.3) is 0 Å². The van der Waals surface area contributed by atoms with E-state index in [1.54, 1.807) is 6.07 Å². The summed E-state index contributed by atoms with van der Waals surface area (Å²) in [6.07, 6.45) is 4.45. The van der Waals surface area contributed by atoms with E-state index in [0.29, 0.717) is 17.7 Å². The van der Waals surface area contributed by atoms with Crippen LogP contribution in [-0.4, -0.2) is 29.2 Å². The second-order valence-electron chi connectivity index (χ2n) is 5.25. The molecule has 1 aliphatic rings. The minimum absolute atomic E-state index is 0.151. The summed E-state index contributed by atoms with van der Waals surface area (Å²) in [5.74, 6) is -0.189. The first-order chi connectivity index (χ1) is 9.26. The molecule has 0 aliphatic carbocycles. The molecule has 0 radical (unpaired) electrons. The molecule has 0 aromatic heterocycles. The monoisotopic (exact) mass is 266 g/mol. The number of hydrogen-bond donors (Lipinski definition) is 2. The van der Waals surface area contributed by atoms with Gasteiger partial charge in [-0.25, -0.2) is 4.39 Å². The lowest BCUT2D eigenvalue weighted by molar-refractivity contribution is 0.117. The van der Waals surface area contributed by atoms with Crippen LogP contribution in [0.15, 0.2) is 18.2 Å². The van der Waals surface area contributed by atoms with Crippen LogP contribution >= 0.6 is 0 Å². The maximum absolute atomic E-state index is 14.2. The van der Waals surface area contributed by atoms with E-state index in [9.17, 15) is 9.50 Å². The minimum atomic E-state index is -0.189. The lowest BCUT2D eigenvalue weighted by Crippen LogP contribution is -2.37. The van der Waals surface area contributed by atoms with Crippen molar-refractivity contribution >= 4 is 0 Å². The van der Waals surface area contributed by atoms with Crippen molar-refractivity contribution in [2.75, 3.05) is 13.2 Å². The van der Waals surface area contributed by atoms with Gasteiger partial charge in [0.25, 0.3) is 0 Å². The van der Waals surface area contributed by atoms with Gasteiger partial charge in [0.15, 0.2) is 0 Å². The fraction of sp³-hybridized carbons (Fsp3) is 0.600. The Balaban J connectivity index is 2.14. The summed E-state index contributed by atoms with van der Waals surface area (Å²) in [4.78, 5) is 2.20. The molecular weight excluding hydrogens is 243 g/mol. The van der Waals surface area contributed by atoms with Gasteiger partial charge in [-0.2, -0.15) is 0 Å². The van der Waals surface area contributed by atoms with Gasteiger partial charge in [0, 0.05) is 30.3 Å². The molecule has 1 unspecified atom stereocenters. The van der Waals surface area contributed by atoms with E-state index in [4.69, 9.17) is 5.73 Å². The number of nitrogens with zero attached hydrogens (tertiary/aromatic N) is 1. The molecule has 4 heteroatoms. The lowest BCUT2D eigenvalue weighted by atomic mass is 10.1. The third-order valence-corrected chi connectivity index (χ3v) is 3.96. The van der Waals surface area contributed by atoms with E-state index < -0.39 is 0 Å². The molecule has 19 heavy (non-hydrogen) atoms. The van der Waals surface area contributed by atoms with Crippen molar-refractivity contribution < 1.29 is 9.50 Å². The second kappa shape index (κ2) is 6.98. The normalized spacial score (nSPS) is 21.3. The van der Waals surface area contributed by atoms with Crippen LogP contribution in [0, 0.1) is 5.82 Å². The van der Waals surface area contributed by atoms with Crippen LogP contribution in [0.1, 0.15) is 36.8 Å². The zero-order chi connectivity index (χ0) is 13.7. The highest BCUT2D eigenvalue weighted by atomic mass is 19.1. The van der Waals surface area contributed by atoms with Gasteiger partial charge < -0.3 is 10.8 Å². The maximum Gasteiger partial charge on any atom is 0.132 e. The molecule has 1 aliphatic heterocycles. The highest BCUT2D eigenvalue weighted by Gasteiger charge is 2.21. The van der Waals surface area contributed by atoms with Crippen LogP contribution in [0.4, 0.5) is 4.39 Å². The van der Waals surface area contributed by atoms with E-state index in [0.717, 1.165) is 25.8 Å². The Morgan fingerprint density at radius 2 is 2.05 bits per heavy atom. The van der Waals surface area contributed by atoms with E-state index in [1.807, 2.05) is 12.1 Å². The summed E-state index contributed by atoms with van der Waals surface area (Å²) in [6.45, 7) is 1.86. The number of likely N-dealkylation sites (tertiary alicyclic amines) is 1. The molecule has 106 valence electrons. The van der Waals surface area contributed by atoms with E-state index in [2.05, 4.69) is 4.90 Å². The van der Waals surface area contributed by atoms with Crippen molar-refractivity contribution in [3.8, 4) is 0 Å². The zero-order valence-corrected chi connectivity index (χ0v) is 11.3. The van der Waals surface area contributed by atoms with Crippen molar-refractivity contribution in [3.63, 3.8) is 0 Å². The number of benzene rings is 1. The van der Waals surface area contributed by atoms with Gasteiger partial charge in [-0.05, 0) is 19.4 Å². The molecule has 1 aromatic carbocycles. The van der Waals surface area contributed by atoms with E-state index >= 15 is 0 Å². The predicted octanol–water partition coefficient (Wildman–Crippen LogP) is 2.02. The number of hydrogen-bond acceptors (Lipinski definition) is 3. The maximum atomic E-state index is 14.2. The van der Waals surface area contributed by atoms with Gasteiger partial charge in [-0.15, -0.1) is 0 Å². The van der Waals surface area contributed by atoms with Gasteiger partial charge >= 0.3 is 0 Å². The average Bonchev–Trinajstić information content (AvgIpc) is 2.66. The molecule has 3 N–H and O–H groups in total. The van der Waals surface area contributed by atoms with Gasteiger partial charge in [0.05, 0.1) is 6.61 Å². The molecule has 1 aromatic rings. The van der Waals surface area contributed by atoms with Gasteiger partial charge in [0.1, 0.15) is 5.82 Å². The SMILES string of the molecule is NCc1cccc(CN2CCCCCC2CO)c1F. The Labute approximate surface area is 114 Å². The van der Waals surface area contributed by atoms with Crippen LogP contribution in [0.5, 0.6) is 0 Å². The number of nitrogens with two attached hydrogens (primary N) is 1. The molecule has 1 fully saturated rings. The third-order valence-electron chi connectivity index (χ3n) is 3.96. The van der Waals surface area contributed by atoms with Crippen molar-refractivity contribution in [2.45, 2.75) is 44.8 Å². The topological polar surface area (TPSA) is 49.5 Å². The number of aliphatic hydroxyl groups is 1. The molecule has 0 saturated carbocycles. The van der Waals surface area contributed by atoms with Gasteiger partial charge in [-0.3, -0.25) is 4.90 Å². The standard InChI is InChI=1S/C15H23FN2O/c16-15-12(9-17)5-4-6-13(15)10-18-8-3-1-2-7-14(18)11-19/h4-6,14,19H,1-3,7-11,17H2. The Kier molecular flexibility index (Phi) is 5.31. The van der Waals surface area contributed by atoms with Crippen molar-refractivity contribution in [1.82, 2.24) is 4.90 Å². The Hall–Kier alpha value is -0.970. The molecule has 3 nitrogen and oxygen atoms in total. The largest absolute Gasteiger partial charge is 0.395 e. The fourth-order valence-electron chi connectivity index (χ4n) is 2.78. The summed E-state index contributed by atoms with van der Waals surface area (Å²) in [6, 6.07) is 5.55. The summed E-state index contributed by atoms with van der Waals surface area (Å²) in [5.41, 5.74) is 6.78. The Bertz CT molecular complexity index is 411. The van der Waals surface area contributed by atoms with E-state index in [1.165, 1.54) is 6.42 Å². The highest BCUT2D eigenvalue weighted by molar-refractivity contribution is 5.26. The third kappa shape index (κ3) is 3.53. The number of rotatable bonds is 4. The van der Waals surface area contributed by atoms with Crippen LogP contribution < -0.4 is 5.73 Å². The summed E-state index contributed by atoms with van der Waals surface area (Å²) < 4.78 is 14.2. The summed E-state index contributed by atoms with van der Waals surface area (Å²) >= 11 is 0. The molecule has 2 rings (SSSR count). The highest BCUT2D eigenvalue weighted by Crippen LogP contribution is 2.21. The molecular formula is C15H23FN2O. The molecule has 1 heterocycles. The van der Waals surface area contributed by atoms with Crippen molar-refractivity contribution in [2.24, 2.45) is 5.73 Å². The fourth-order valence-corrected chi connectivity index (χ4v) is 2.78. The molecule has 0 spiro atoms. The van der Waals surface area contributed by atoms with Crippen LogP contribution in [0.2, 0.25) is 0 Å². The van der Waals surface area contributed by atoms with E-state index in [-0.39, 0.29) is 25.0 Å². The van der Waals surface area contributed by atoms with Crippen LogP contribution in [0.3, 0.4) is 0 Å². The summed E-state index contributed by atoms with van der Waals surface area (Å²) in [5, 5.41) is 9.48. The second-order valence-corrected chi connectivity index (χ2v) is 5.25. The number of aliphatic hydroxyl groups excluding tert-OH is 1. The quantitative estimate of drug-likeness (QED) is 0.876. The minimum Gasteiger partial charge on any atom is -0.395 e. The van der Waals surface area contributed by atoms with Gasteiger partial charge in [0.2, 0.25) is 0 Å². The average molecular weight is 266 g/mol. The lowest BCUT2D eigenvalue weighted by Gasteiger charge is -2.28. The van der Waals surface area contributed by atoms with Crippen molar-refractivity contribution in [1.29, 1.82) is 0 Å². The molecule has 1 atom stereocenters. The first kappa shape index (κ1) is 14.4. The smallest absolute Gasteiger partial charge is 0.132 e. The number of halogens is 1. The summed E-state index contributed by atoms with van der Waals surface area (Å²) in [7, 11) is 0. The van der Waals surface area contributed by atoms with Gasteiger partial charge in [-0.1, -0.05) is 31.0 Å². The van der Waals surface area contributed by atoms with Crippen molar-refractivity contribution in [3.05, 3.63) is 35.1 Å². The first-order valence-electron chi connectivity index (χ1n) is 7.07. The Morgan fingerprint density at radius 3 is 2.79 bits per heavy atom. The van der Waals surface area contributed by atoms with Crippen LogP contribution in [-0.2, 0) is 13.1 Å². The molecule has 0 bridgehead atoms. The Morgan fingerprint density at radius 1 is 1.26 bits per heavy atom. The predicted molar refractivity (Wildman–Crippen MR) is 74.0 cm³/mol. The first-order valence-corrected chi connectivity index (χ1v) is 7.07. The zero-order valence-electron chi connectivity index (χ0n) is 11.3. The molecule has 1 saturated heterocycles.